The number of hydrogen-bond donors (Lipinski definition) is 0. The minimum Gasteiger partial charge on any atom is -0.467 e. The molecule has 0 spiro atoms. The zero-order valence-corrected chi connectivity index (χ0v) is 8.37. The maximum Gasteiger partial charge on any atom is 0.328 e. The largest absolute Gasteiger partial charge is 0.467 e. The van der Waals surface area contributed by atoms with E-state index in [0.717, 1.165) is 0 Å². The lowest BCUT2D eigenvalue weighted by Crippen LogP contribution is -2.39. The molecule has 1 atom stereocenters. The van der Waals surface area contributed by atoms with E-state index in [1.54, 1.807) is 6.92 Å². The monoisotopic (exact) mass is 195 g/mol. The summed E-state index contributed by atoms with van der Waals surface area (Å²) in [6, 6.07) is -0.437. The van der Waals surface area contributed by atoms with E-state index in [9.17, 15) is 9.59 Å². The molecule has 0 aromatic carbocycles. The molecular formula is C10H13NO3. The van der Waals surface area contributed by atoms with Gasteiger partial charge in [-0.25, -0.2) is 4.79 Å². The Kier molecular flexibility index (Phi) is 3.52. The third-order valence-electron chi connectivity index (χ3n) is 2.23. The van der Waals surface area contributed by atoms with Crippen molar-refractivity contribution in [3.63, 3.8) is 0 Å². The second kappa shape index (κ2) is 4.66. The van der Waals surface area contributed by atoms with Crippen molar-refractivity contribution in [3.05, 3.63) is 0 Å². The lowest BCUT2D eigenvalue weighted by atomic mass is 10.2. The predicted molar refractivity (Wildman–Crippen MR) is 50.2 cm³/mol. The number of hydrogen-bond acceptors (Lipinski definition) is 3. The zero-order valence-electron chi connectivity index (χ0n) is 8.37. The quantitative estimate of drug-likeness (QED) is 0.466. The molecule has 0 aliphatic carbocycles. The molecule has 1 amide bonds. The van der Waals surface area contributed by atoms with Crippen LogP contribution in [-0.2, 0) is 14.3 Å². The van der Waals surface area contributed by atoms with Crippen molar-refractivity contribution in [3.8, 4) is 11.8 Å². The molecule has 0 radical (unpaired) electrons. The van der Waals surface area contributed by atoms with E-state index in [4.69, 9.17) is 0 Å². The first-order valence-corrected chi connectivity index (χ1v) is 4.47. The molecule has 0 bridgehead atoms. The van der Waals surface area contributed by atoms with Crippen molar-refractivity contribution in [2.75, 3.05) is 13.7 Å². The Labute approximate surface area is 83.2 Å². The first kappa shape index (κ1) is 10.6. The van der Waals surface area contributed by atoms with Crippen molar-refractivity contribution < 1.29 is 14.3 Å². The van der Waals surface area contributed by atoms with Crippen LogP contribution >= 0.6 is 0 Å². The van der Waals surface area contributed by atoms with Gasteiger partial charge in [-0.2, -0.15) is 0 Å². The van der Waals surface area contributed by atoms with Gasteiger partial charge < -0.3 is 9.64 Å². The highest BCUT2D eigenvalue weighted by atomic mass is 16.5. The third kappa shape index (κ3) is 2.05. The first-order chi connectivity index (χ1) is 6.70. The average Bonchev–Trinajstić information content (AvgIpc) is 2.56. The molecule has 14 heavy (non-hydrogen) atoms. The third-order valence-corrected chi connectivity index (χ3v) is 2.23. The van der Waals surface area contributed by atoms with Gasteiger partial charge in [0.05, 0.1) is 13.7 Å². The number of amides is 1. The van der Waals surface area contributed by atoms with Gasteiger partial charge in [-0.3, -0.25) is 4.79 Å². The van der Waals surface area contributed by atoms with Crippen LogP contribution in [-0.4, -0.2) is 36.5 Å². The van der Waals surface area contributed by atoms with Gasteiger partial charge in [0.2, 0.25) is 5.91 Å². The van der Waals surface area contributed by atoms with Crippen LogP contribution in [0, 0.1) is 11.8 Å². The Morgan fingerprint density at radius 2 is 2.43 bits per heavy atom. The number of ether oxygens (including phenoxy) is 1. The van der Waals surface area contributed by atoms with E-state index < -0.39 is 6.04 Å². The Balaban J connectivity index is 2.69. The van der Waals surface area contributed by atoms with Gasteiger partial charge in [0.15, 0.2) is 0 Å². The van der Waals surface area contributed by atoms with Crippen LogP contribution in [0.15, 0.2) is 0 Å². The van der Waals surface area contributed by atoms with Gasteiger partial charge in [0.25, 0.3) is 0 Å². The second-order valence-electron chi connectivity index (χ2n) is 3.03. The Morgan fingerprint density at radius 3 is 3.00 bits per heavy atom. The normalized spacial score (nSPS) is 20.3. The number of methoxy groups -OCH3 is 1. The number of carbonyl (C=O) groups is 2. The van der Waals surface area contributed by atoms with Crippen LogP contribution in [0.3, 0.4) is 0 Å². The summed E-state index contributed by atoms with van der Waals surface area (Å²) in [7, 11) is 1.33. The summed E-state index contributed by atoms with van der Waals surface area (Å²) in [5, 5.41) is 0. The molecule has 1 fully saturated rings. The molecule has 1 aliphatic rings. The molecule has 4 heteroatoms. The molecule has 0 aromatic rings. The van der Waals surface area contributed by atoms with Gasteiger partial charge in [0, 0.05) is 6.42 Å². The number of carbonyl (C=O) groups excluding carboxylic acids is 2. The second-order valence-corrected chi connectivity index (χ2v) is 3.03. The minimum atomic E-state index is -0.437. The molecule has 1 rings (SSSR count). The summed E-state index contributed by atoms with van der Waals surface area (Å²) in [4.78, 5) is 24.1. The van der Waals surface area contributed by atoms with Crippen LogP contribution in [0.4, 0.5) is 0 Å². The maximum atomic E-state index is 11.4. The Bertz CT molecular complexity index is 300. The summed E-state index contributed by atoms with van der Waals surface area (Å²) in [5.41, 5.74) is 0. The fourth-order valence-electron chi connectivity index (χ4n) is 1.48. The van der Waals surface area contributed by atoms with Gasteiger partial charge in [-0.1, -0.05) is 5.92 Å². The van der Waals surface area contributed by atoms with E-state index in [2.05, 4.69) is 16.6 Å². The molecular weight excluding hydrogens is 182 g/mol. The highest BCUT2D eigenvalue weighted by molar-refractivity contribution is 5.88. The fraction of sp³-hybridized carbons (Fsp3) is 0.600. The Hall–Kier alpha value is -1.50. The van der Waals surface area contributed by atoms with E-state index in [0.29, 0.717) is 19.4 Å². The van der Waals surface area contributed by atoms with E-state index >= 15 is 0 Å². The molecule has 0 aromatic heterocycles. The summed E-state index contributed by atoms with van der Waals surface area (Å²) >= 11 is 0. The summed E-state index contributed by atoms with van der Waals surface area (Å²) in [5.74, 6) is 5.10. The van der Waals surface area contributed by atoms with Crippen LogP contribution in [0.25, 0.3) is 0 Å². The van der Waals surface area contributed by atoms with Crippen molar-refractivity contribution in [1.29, 1.82) is 0 Å². The molecule has 76 valence electrons. The fourth-order valence-corrected chi connectivity index (χ4v) is 1.48. The average molecular weight is 195 g/mol. The van der Waals surface area contributed by atoms with Crippen molar-refractivity contribution >= 4 is 11.9 Å². The number of rotatable bonds is 2. The summed E-state index contributed by atoms with van der Waals surface area (Å²) in [6.45, 7) is 2.02. The first-order valence-electron chi connectivity index (χ1n) is 4.47. The maximum absolute atomic E-state index is 11.4. The standard InChI is InChI=1S/C10H13NO3/c1-3-4-7-11-8(10(13)14-2)5-6-9(11)12/h8H,5-7H2,1-2H3. The van der Waals surface area contributed by atoms with Gasteiger partial charge in [0.1, 0.15) is 6.04 Å². The molecule has 1 heterocycles. The van der Waals surface area contributed by atoms with Crippen LogP contribution in [0.5, 0.6) is 0 Å². The van der Waals surface area contributed by atoms with E-state index in [1.165, 1.54) is 12.0 Å². The topological polar surface area (TPSA) is 46.6 Å². The van der Waals surface area contributed by atoms with Gasteiger partial charge in [-0.05, 0) is 13.3 Å². The molecule has 4 nitrogen and oxygen atoms in total. The minimum absolute atomic E-state index is 0.0249. The van der Waals surface area contributed by atoms with Crippen molar-refractivity contribution in [2.45, 2.75) is 25.8 Å². The van der Waals surface area contributed by atoms with Gasteiger partial charge in [-0.15, -0.1) is 5.92 Å². The van der Waals surface area contributed by atoms with Crippen LogP contribution < -0.4 is 0 Å². The van der Waals surface area contributed by atoms with E-state index in [1.807, 2.05) is 0 Å². The SMILES string of the molecule is CC#CCN1C(=O)CCC1C(=O)OC. The van der Waals surface area contributed by atoms with E-state index in [-0.39, 0.29) is 11.9 Å². The summed E-state index contributed by atoms with van der Waals surface area (Å²) < 4.78 is 4.61. The predicted octanol–water partition coefficient (Wildman–Crippen LogP) is 0.174. The molecule has 1 aliphatic heterocycles. The zero-order chi connectivity index (χ0) is 10.6. The number of esters is 1. The summed E-state index contributed by atoms with van der Waals surface area (Å²) in [6.07, 6.45) is 0.946. The number of likely N-dealkylation sites (tertiary alicyclic amines) is 1. The smallest absolute Gasteiger partial charge is 0.328 e. The van der Waals surface area contributed by atoms with Gasteiger partial charge >= 0.3 is 5.97 Å². The van der Waals surface area contributed by atoms with Crippen molar-refractivity contribution in [1.82, 2.24) is 4.90 Å². The van der Waals surface area contributed by atoms with Crippen LogP contribution in [0.1, 0.15) is 19.8 Å². The molecule has 0 saturated carbocycles. The lowest BCUT2D eigenvalue weighted by molar-refractivity contribution is -0.148. The Morgan fingerprint density at radius 1 is 1.71 bits per heavy atom. The van der Waals surface area contributed by atoms with Crippen LogP contribution in [0.2, 0.25) is 0 Å². The highest BCUT2D eigenvalue weighted by Gasteiger charge is 2.35. The molecule has 0 N–H and O–H groups in total. The van der Waals surface area contributed by atoms with Crippen molar-refractivity contribution in [2.24, 2.45) is 0 Å². The lowest BCUT2D eigenvalue weighted by Gasteiger charge is -2.19. The highest BCUT2D eigenvalue weighted by Crippen LogP contribution is 2.18. The molecule has 1 unspecified atom stereocenters. The molecule has 1 saturated heterocycles. The number of nitrogens with zero attached hydrogens (tertiary/aromatic N) is 1.